The van der Waals surface area contributed by atoms with Crippen LogP contribution in [-0.2, 0) is 14.8 Å². The van der Waals surface area contributed by atoms with E-state index < -0.39 is 27.6 Å². The predicted molar refractivity (Wildman–Crippen MR) is 101 cm³/mol. The SMILES string of the molecule is COC(=O)c1cccc(S(=O)(=O)N[C@@H]2CC(C)(C)Oc3cc(C)ccc32)c1. The maximum absolute atomic E-state index is 12.9. The number of methoxy groups -OCH3 is 1. The quantitative estimate of drug-likeness (QED) is 0.811. The van der Waals surface area contributed by atoms with Crippen LogP contribution < -0.4 is 9.46 Å². The Balaban J connectivity index is 1.96. The summed E-state index contributed by atoms with van der Waals surface area (Å²) in [5.74, 6) is 0.0994. The summed E-state index contributed by atoms with van der Waals surface area (Å²) in [4.78, 5) is 11.7. The number of carbonyl (C=O) groups excluding carboxylic acids is 1. The number of aryl methyl sites for hydroxylation is 1. The highest BCUT2D eigenvalue weighted by Gasteiger charge is 2.36. The number of sulfonamides is 1. The van der Waals surface area contributed by atoms with Gasteiger partial charge in [-0.1, -0.05) is 18.2 Å². The van der Waals surface area contributed by atoms with E-state index >= 15 is 0 Å². The highest BCUT2D eigenvalue weighted by Crippen LogP contribution is 2.40. The molecule has 1 atom stereocenters. The fourth-order valence-corrected chi connectivity index (χ4v) is 4.49. The summed E-state index contributed by atoms with van der Waals surface area (Å²) in [5, 5.41) is 0. The molecule has 0 radical (unpaired) electrons. The Morgan fingerprint density at radius 2 is 1.96 bits per heavy atom. The molecule has 7 heteroatoms. The second kappa shape index (κ2) is 6.98. The third kappa shape index (κ3) is 4.14. The van der Waals surface area contributed by atoms with E-state index in [9.17, 15) is 13.2 Å². The number of benzene rings is 2. The average Bonchev–Trinajstić information content (AvgIpc) is 2.59. The minimum atomic E-state index is -3.84. The topological polar surface area (TPSA) is 81.7 Å². The monoisotopic (exact) mass is 389 g/mol. The largest absolute Gasteiger partial charge is 0.487 e. The third-order valence-electron chi connectivity index (χ3n) is 4.49. The Bertz CT molecular complexity index is 982. The molecule has 0 bridgehead atoms. The fourth-order valence-electron chi connectivity index (χ4n) is 3.23. The van der Waals surface area contributed by atoms with Crippen LogP contribution >= 0.6 is 0 Å². The molecule has 1 aliphatic rings. The van der Waals surface area contributed by atoms with Crippen molar-refractivity contribution >= 4 is 16.0 Å². The van der Waals surface area contributed by atoms with Gasteiger partial charge >= 0.3 is 5.97 Å². The van der Waals surface area contributed by atoms with Crippen molar-refractivity contribution in [3.63, 3.8) is 0 Å². The predicted octanol–water partition coefficient (Wildman–Crippen LogP) is 3.36. The van der Waals surface area contributed by atoms with Gasteiger partial charge in [0.2, 0.25) is 10.0 Å². The molecule has 27 heavy (non-hydrogen) atoms. The summed E-state index contributed by atoms with van der Waals surface area (Å²) in [6, 6.07) is 11.1. The average molecular weight is 389 g/mol. The van der Waals surface area contributed by atoms with Gasteiger partial charge in [-0.15, -0.1) is 0 Å². The summed E-state index contributed by atoms with van der Waals surface area (Å²) in [6.07, 6.45) is 0.485. The Labute approximate surface area is 159 Å². The van der Waals surface area contributed by atoms with Crippen molar-refractivity contribution in [3.8, 4) is 5.75 Å². The van der Waals surface area contributed by atoms with Gasteiger partial charge in [-0.3, -0.25) is 0 Å². The van der Waals surface area contributed by atoms with E-state index in [1.165, 1.54) is 31.4 Å². The van der Waals surface area contributed by atoms with Crippen molar-refractivity contribution in [2.24, 2.45) is 0 Å². The summed E-state index contributed by atoms with van der Waals surface area (Å²) in [5.41, 5.74) is 1.51. The number of fused-ring (bicyclic) bond motifs is 1. The highest BCUT2D eigenvalue weighted by atomic mass is 32.2. The van der Waals surface area contributed by atoms with E-state index in [0.29, 0.717) is 12.2 Å². The molecule has 0 aromatic heterocycles. The van der Waals surface area contributed by atoms with Gasteiger partial charge in [-0.05, 0) is 50.6 Å². The van der Waals surface area contributed by atoms with Crippen molar-refractivity contribution < 1.29 is 22.7 Å². The maximum atomic E-state index is 12.9. The molecule has 0 unspecified atom stereocenters. The zero-order valence-corrected chi connectivity index (χ0v) is 16.6. The van der Waals surface area contributed by atoms with E-state index in [0.717, 1.165) is 11.1 Å². The van der Waals surface area contributed by atoms with Crippen molar-refractivity contribution in [3.05, 3.63) is 59.2 Å². The first-order valence-electron chi connectivity index (χ1n) is 8.61. The summed E-state index contributed by atoms with van der Waals surface area (Å²) < 4.78 is 39.3. The van der Waals surface area contributed by atoms with E-state index in [1.54, 1.807) is 0 Å². The molecule has 144 valence electrons. The van der Waals surface area contributed by atoms with Crippen LogP contribution in [0, 0.1) is 6.92 Å². The zero-order chi connectivity index (χ0) is 19.8. The number of nitrogens with one attached hydrogen (secondary N) is 1. The Hall–Kier alpha value is -2.38. The lowest BCUT2D eigenvalue weighted by atomic mass is 9.90. The molecule has 0 amide bonds. The summed E-state index contributed by atoms with van der Waals surface area (Å²) in [6.45, 7) is 5.82. The molecule has 0 saturated carbocycles. The molecule has 2 aromatic rings. The van der Waals surface area contributed by atoms with Crippen LogP contribution in [0.1, 0.15) is 47.8 Å². The lowest BCUT2D eigenvalue weighted by Gasteiger charge is -2.38. The van der Waals surface area contributed by atoms with Crippen LogP contribution in [0.25, 0.3) is 0 Å². The Kier molecular flexibility index (Phi) is 5.01. The van der Waals surface area contributed by atoms with Crippen LogP contribution in [0.5, 0.6) is 5.75 Å². The van der Waals surface area contributed by atoms with Crippen LogP contribution in [-0.4, -0.2) is 27.1 Å². The van der Waals surface area contributed by atoms with E-state index in [2.05, 4.69) is 9.46 Å². The molecule has 0 spiro atoms. The van der Waals surface area contributed by atoms with Crippen molar-refractivity contribution in [1.29, 1.82) is 0 Å². The Morgan fingerprint density at radius 1 is 1.22 bits per heavy atom. The lowest BCUT2D eigenvalue weighted by molar-refractivity contribution is 0.0600. The first-order valence-corrected chi connectivity index (χ1v) is 10.1. The standard InChI is InChI=1S/C20H23NO5S/c1-13-8-9-16-17(12-20(2,3)26-18(16)10-13)21-27(23,24)15-7-5-6-14(11-15)19(22)25-4/h5-11,17,21H,12H2,1-4H3/t17-/m1/s1. The number of esters is 1. The van der Waals surface area contributed by atoms with Crippen LogP contribution in [0.3, 0.4) is 0 Å². The molecular formula is C20H23NO5S. The highest BCUT2D eigenvalue weighted by molar-refractivity contribution is 7.89. The van der Waals surface area contributed by atoms with Crippen molar-refractivity contribution in [2.75, 3.05) is 7.11 Å². The Morgan fingerprint density at radius 3 is 2.67 bits per heavy atom. The van der Waals surface area contributed by atoms with Gasteiger partial charge in [0.1, 0.15) is 11.4 Å². The molecule has 0 saturated heterocycles. The van der Waals surface area contributed by atoms with Crippen LogP contribution in [0.4, 0.5) is 0 Å². The van der Waals surface area contributed by atoms with Crippen LogP contribution in [0.15, 0.2) is 47.4 Å². The van der Waals surface area contributed by atoms with Gasteiger partial charge < -0.3 is 9.47 Å². The van der Waals surface area contributed by atoms with Gasteiger partial charge in [0.15, 0.2) is 0 Å². The second-order valence-corrected chi connectivity index (χ2v) is 9.01. The summed E-state index contributed by atoms with van der Waals surface area (Å²) >= 11 is 0. The minimum absolute atomic E-state index is 0.0170. The molecule has 1 heterocycles. The number of hydrogen-bond acceptors (Lipinski definition) is 5. The number of carbonyl (C=O) groups is 1. The first-order chi connectivity index (χ1) is 12.6. The maximum Gasteiger partial charge on any atom is 0.337 e. The number of ether oxygens (including phenoxy) is 2. The van der Waals surface area contributed by atoms with E-state index in [1.807, 2.05) is 39.0 Å². The fraction of sp³-hybridized carbons (Fsp3) is 0.350. The lowest BCUT2D eigenvalue weighted by Crippen LogP contribution is -2.41. The molecule has 1 aliphatic heterocycles. The van der Waals surface area contributed by atoms with Crippen molar-refractivity contribution in [1.82, 2.24) is 4.72 Å². The van der Waals surface area contributed by atoms with E-state index in [-0.39, 0.29) is 10.5 Å². The number of rotatable bonds is 4. The molecule has 1 N–H and O–H groups in total. The smallest absolute Gasteiger partial charge is 0.337 e. The van der Waals surface area contributed by atoms with Gasteiger partial charge in [-0.2, -0.15) is 0 Å². The third-order valence-corrected chi connectivity index (χ3v) is 5.96. The molecule has 0 fully saturated rings. The normalized spacial score (nSPS) is 18.3. The molecule has 6 nitrogen and oxygen atoms in total. The van der Waals surface area contributed by atoms with Gasteiger partial charge in [0.05, 0.1) is 23.6 Å². The molecule has 2 aromatic carbocycles. The molecule has 3 rings (SSSR count). The van der Waals surface area contributed by atoms with Gasteiger partial charge in [-0.25, -0.2) is 17.9 Å². The minimum Gasteiger partial charge on any atom is -0.487 e. The van der Waals surface area contributed by atoms with E-state index in [4.69, 9.17) is 4.74 Å². The second-order valence-electron chi connectivity index (χ2n) is 7.30. The molecule has 0 aliphatic carbocycles. The molecular weight excluding hydrogens is 366 g/mol. The van der Waals surface area contributed by atoms with Crippen molar-refractivity contribution in [2.45, 2.75) is 43.7 Å². The number of hydrogen-bond donors (Lipinski definition) is 1. The summed E-state index contributed by atoms with van der Waals surface area (Å²) in [7, 11) is -2.59. The zero-order valence-electron chi connectivity index (χ0n) is 15.8. The van der Waals surface area contributed by atoms with Gasteiger partial charge in [0.25, 0.3) is 0 Å². The van der Waals surface area contributed by atoms with Crippen LogP contribution in [0.2, 0.25) is 0 Å². The first kappa shape index (κ1) is 19.4. The van der Waals surface area contributed by atoms with Gasteiger partial charge in [0, 0.05) is 12.0 Å².